The highest BCUT2D eigenvalue weighted by molar-refractivity contribution is 9.10. The molecule has 2 rings (SSSR count). The van der Waals surface area contributed by atoms with Crippen LogP contribution < -0.4 is 4.74 Å². The average molecular weight is 318 g/mol. The predicted molar refractivity (Wildman–Crippen MR) is 72.0 cm³/mol. The molecule has 0 aromatic heterocycles. The zero-order valence-electron chi connectivity index (χ0n) is 9.63. The molecule has 0 atom stereocenters. The van der Waals surface area contributed by atoms with E-state index >= 15 is 0 Å². The van der Waals surface area contributed by atoms with Gasteiger partial charge in [0, 0.05) is 10.9 Å². The van der Waals surface area contributed by atoms with Crippen LogP contribution in [-0.4, -0.2) is 12.4 Å². The van der Waals surface area contributed by atoms with E-state index in [1.54, 1.807) is 12.1 Å². The highest BCUT2D eigenvalue weighted by atomic mass is 79.9. The molecule has 1 aliphatic rings. The maximum absolute atomic E-state index is 12.3. The molecule has 0 spiro atoms. The molecule has 1 fully saturated rings. The third-order valence-electron chi connectivity index (χ3n) is 3.04. The van der Waals surface area contributed by atoms with Gasteiger partial charge in [-0.1, -0.05) is 18.0 Å². The number of ketones is 1. The van der Waals surface area contributed by atoms with Crippen LogP contribution in [0.4, 0.5) is 0 Å². The topological polar surface area (TPSA) is 26.3 Å². The number of carbonyl (C=O) groups is 1. The van der Waals surface area contributed by atoms with Crippen molar-refractivity contribution >= 4 is 33.3 Å². The third-order valence-corrected chi connectivity index (χ3v) is 3.85. The third kappa shape index (κ3) is 2.66. The Labute approximate surface area is 114 Å². The van der Waals surface area contributed by atoms with Crippen LogP contribution in [-0.2, 0) is 0 Å². The monoisotopic (exact) mass is 316 g/mol. The lowest BCUT2D eigenvalue weighted by atomic mass is 9.80. The van der Waals surface area contributed by atoms with E-state index in [0.29, 0.717) is 22.9 Å². The van der Waals surface area contributed by atoms with Crippen LogP contribution in [0.3, 0.4) is 0 Å². The van der Waals surface area contributed by atoms with Crippen molar-refractivity contribution in [3.05, 3.63) is 27.2 Å². The molecule has 0 saturated heterocycles. The van der Waals surface area contributed by atoms with E-state index < -0.39 is 0 Å². The van der Waals surface area contributed by atoms with Gasteiger partial charge in [0.2, 0.25) is 0 Å². The molecule has 1 aliphatic carbocycles. The lowest BCUT2D eigenvalue weighted by molar-refractivity contribution is 0.0851. The van der Waals surface area contributed by atoms with Crippen molar-refractivity contribution in [1.82, 2.24) is 0 Å². The van der Waals surface area contributed by atoms with E-state index in [0.717, 1.165) is 23.7 Å². The first-order valence-electron chi connectivity index (χ1n) is 5.79. The molecule has 0 heterocycles. The van der Waals surface area contributed by atoms with Crippen LogP contribution in [0, 0.1) is 5.92 Å². The number of hydrogen-bond donors (Lipinski definition) is 0. The van der Waals surface area contributed by atoms with Crippen molar-refractivity contribution in [2.45, 2.75) is 26.2 Å². The first-order chi connectivity index (χ1) is 8.13. The molecule has 1 saturated carbocycles. The zero-order valence-corrected chi connectivity index (χ0v) is 12.0. The molecule has 0 aliphatic heterocycles. The Morgan fingerprint density at radius 3 is 2.76 bits per heavy atom. The number of carbonyl (C=O) groups excluding carboxylic acids is 1. The van der Waals surface area contributed by atoms with Crippen molar-refractivity contribution in [1.29, 1.82) is 0 Å². The van der Waals surface area contributed by atoms with Gasteiger partial charge in [0.25, 0.3) is 0 Å². The summed E-state index contributed by atoms with van der Waals surface area (Å²) in [6.45, 7) is 2.43. The molecule has 0 N–H and O–H groups in total. The van der Waals surface area contributed by atoms with Crippen molar-refractivity contribution < 1.29 is 9.53 Å². The molecule has 1 aromatic rings. The second kappa shape index (κ2) is 5.40. The molecule has 0 amide bonds. The maximum Gasteiger partial charge on any atom is 0.169 e. The van der Waals surface area contributed by atoms with Crippen LogP contribution in [0.25, 0.3) is 0 Å². The number of hydrogen-bond acceptors (Lipinski definition) is 2. The number of halogens is 2. The Morgan fingerprint density at radius 1 is 1.53 bits per heavy atom. The van der Waals surface area contributed by atoms with Crippen molar-refractivity contribution in [3.8, 4) is 5.75 Å². The van der Waals surface area contributed by atoms with Gasteiger partial charge >= 0.3 is 0 Å². The summed E-state index contributed by atoms with van der Waals surface area (Å²) in [5.74, 6) is 0.927. The summed E-state index contributed by atoms with van der Waals surface area (Å²) in [6, 6.07) is 3.46. The molecule has 1 aromatic carbocycles. The standard InChI is InChI=1S/C13H14BrClO2/c1-2-17-13-10(6-9(15)7-11(13)14)12(16)8-4-3-5-8/h6-8H,2-5H2,1H3. The molecule has 2 nitrogen and oxygen atoms in total. The van der Waals surface area contributed by atoms with Gasteiger partial charge in [0.1, 0.15) is 5.75 Å². The number of benzene rings is 1. The average Bonchev–Trinajstić information content (AvgIpc) is 2.19. The minimum atomic E-state index is 0.152. The quantitative estimate of drug-likeness (QED) is 0.765. The summed E-state index contributed by atoms with van der Waals surface area (Å²) in [5.41, 5.74) is 0.607. The van der Waals surface area contributed by atoms with E-state index in [2.05, 4.69) is 15.9 Å². The Bertz CT molecular complexity index is 441. The smallest absolute Gasteiger partial charge is 0.169 e. The van der Waals surface area contributed by atoms with E-state index in [1.165, 1.54) is 0 Å². The van der Waals surface area contributed by atoms with Crippen LogP contribution in [0.2, 0.25) is 5.02 Å². The second-order valence-corrected chi connectivity index (χ2v) is 5.48. The Hall–Kier alpha value is -0.540. The summed E-state index contributed by atoms with van der Waals surface area (Å²) in [5, 5.41) is 0.558. The van der Waals surface area contributed by atoms with Crippen molar-refractivity contribution in [2.75, 3.05) is 6.61 Å². The molecular formula is C13H14BrClO2. The van der Waals surface area contributed by atoms with Crippen molar-refractivity contribution in [2.24, 2.45) is 5.92 Å². The van der Waals surface area contributed by atoms with Gasteiger partial charge in [-0.25, -0.2) is 0 Å². The Morgan fingerprint density at radius 2 is 2.24 bits per heavy atom. The highest BCUT2D eigenvalue weighted by Crippen LogP contribution is 2.37. The summed E-state index contributed by atoms with van der Waals surface area (Å²) in [4.78, 5) is 12.3. The van der Waals surface area contributed by atoms with Gasteiger partial charge < -0.3 is 4.74 Å². The normalized spacial score (nSPS) is 15.5. The fourth-order valence-electron chi connectivity index (χ4n) is 1.92. The summed E-state index contributed by atoms with van der Waals surface area (Å²) in [7, 11) is 0. The first kappa shape index (κ1) is 12.9. The van der Waals surface area contributed by atoms with Gasteiger partial charge in [-0.2, -0.15) is 0 Å². The van der Waals surface area contributed by atoms with Crippen LogP contribution in [0.15, 0.2) is 16.6 Å². The molecule has 92 valence electrons. The number of rotatable bonds is 4. The van der Waals surface area contributed by atoms with Crippen molar-refractivity contribution in [3.63, 3.8) is 0 Å². The van der Waals surface area contributed by atoms with Gasteiger partial charge in [-0.05, 0) is 47.8 Å². The molecule has 0 radical (unpaired) electrons. The van der Waals surface area contributed by atoms with Gasteiger partial charge in [-0.3, -0.25) is 4.79 Å². The minimum Gasteiger partial charge on any atom is -0.492 e. The summed E-state index contributed by atoms with van der Waals surface area (Å²) in [6.07, 6.45) is 3.10. The lowest BCUT2D eigenvalue weighted by Crippen LogP contribution is -2.22. The fourth-order valence-corrected chi connectivity index (χ4v) is 2.85. The molecular weight excluding hydrogens is 303 g/mol. The minimum absolute atomic E-state index is 0.152. The zero-order chi connectivity index (χ0) is 12.4. The fraction of sp³-hybridized carbons (Fsp3) is 0.462. The summed E-state index contributed by atoms with van der Waals surface area (Å²) >= 11 is 9.39. The van der Waals surface area contributed by atoms with E-state index in [1.807, 2.05) is 6.92 Å². The number of ether oxygens (including phenoxy) is 1. The maximum atomic E-state index is 12.3. The second-order valence-electron chi connectivity index (χ2n) is 4.19. The first-order valence-corrected chi connectivity index (χ1v) is 6.96. The number of Topliss-reactive ketones (excluding diaryl/α,β-unsaturated/α-hetero) is 1. The van der Waals surface area contributed by atoms with E-state index in [-0.39, 0.29) is 11.7 Å². The Balaban J connectivity index is 2.38. The predicted octanol–water partition coefficient (Wildman–Crippen LogP) is 4.48. The van der Waals surface area contributed by atoms with Gasteiger partial charge in [0.05, 0.1) is 16.6 Å². The van der Waals surface area contributed by atoms with Gasteiger partial charge in [0.15, 0.2) is 5.78 Å². The SMILES string of the molecule is CCOc1c(Br)cc(Cl)cc1C(=O)C1CCC1. The largest absolute Gasteiger partial charge is 0.492 e. The van der Waals surface area contributed by atoms with Gasteiger partial charge in [-0.15, -0.1) is 0 Å². The van der Waals surface area contributed by atoms with Crippen LogP contribution in [0.1, 0.15) is 36.5 Å². The molecule has 0 unspecified atom stereocenters. The molecule has 17 heavy (non-hydrogen) atoms. The van der Waals surface area contributed by atoms with Crippen LogP contribution in [0.5, 0.6) is 5.75 Å². The molecule has 4 heteroatoms. The molecule has 0 bridgehead atoms. The lowest BCUT2D eigenvalue weighted by Gasteiger charge is -2.25. The highest BCUT2D eigenvalue weighted by Gasteiger charge is 2.29. The summed E-state index contributed by atoms with van der Waals surface area (Å²) < 4.78 is 6.28. The van der Waals surface area contributed by atoms with E-state index in [9.17, 15) is 4.79 Å². The Kier molecular flexibility index (Phi) is 4.10. The van der Waals surface area contributed by atoms with E-state index in [4.69, 9.17) is 16.3 Å². The van der Waals surface area contributed by atoms with Crippen LogP contribution >= 0.6 is 27.5 Å².